The number of nitrogens with zero attached hydrogens (tertiary/aromatic N) is 3. The maximum absolute atomic E-state index is 12.1. The highest BCUT2D eigenvalue weighted by atomic mass is 16.5. The van der Waals surface area contributed by atoms with Crippen molar-refractivity contribution in [3.05, 3.63) is 11.7 Å². The van der Waals surface area contributed by atoms with Crippen molar-refractivity contribution in [2.75, 3.05) is 13.1 Å². The topological polar surface area (TPSA) is 71.3 Å². The molecule has 1 fully saturated rings. The Morgan fingerprint density at radius 3 is 2.84 bits per heavy atom. The largest absolute Gasteiger partial charge is 0.351 e. The van der Waals surface area contributed by atoms with Gasteiger partial charge >= 0.3 is 0 Å². The van der Waals surface area contributed by atoms with Crippen molar-refractivity contribution in [1.29, 1.82) is 0 Å². The zero-order chi connectivity index (χ0) is 14.0. The number of aryl methyl sites for hydroxylation is 1. The third-order valence-electron chi connectivity index (χ3n) is 3.07. The molecule has 1 N–H and O–H groups in total. The van der Waals surface area contributed by atoms with Crippen molar-refractivity contribution in [1.82, 2.24) is 20.4 Å². The van der Waals surface area contributed by atoms with Gasteiger partial charge in [-0.2, -0.15) is 4.98 Å². The van der Waals surface area contributed by atoms with Crippen molar-refractivity contribution in [2.24, 2.45) is 5.92 Å². The average Bonchev–Trinajstić information content (AvgIpc) is 2.86. The number of rotatable bonds is 3. The molecule has 1 atom stereocenters. The fraction of sp³-hybridized carbons (Fsp3) is 0.769. The molecular weight excluding hydrogens is 244 g/mol. The van der Waals surface area contributed by atoms with Gasteiger partial charge in [0.25, 0.3) is 0 Å². The van der Waals surface area contributed by atoms with Gasteiger partial charge in [0.05, 0.1) is 12.5 Å². The Balaban J connectivity index is 1.84. The van der Waals surface area contributed by atoms with Crippen LogP contribution in [0.15, 0.2) is 4.52 Å². The van der Waals surface area contributed by atoms with Gasteiger partial charge in [-0.25, -0.2) is 0 Å². The third-order valence-corrected chi connectivity index (χ3v) is 3.07. The summed E-state index contributed by atoms with van der Waals surface area (Å²) in [6, 6.07) is 0. The summed E-state index contributed by atoms with van der Waals surface area (Å²) in [5, 5.41) is 6.80. The fourth-order valence-electron chi connectivity index (χ4n) is 2.26. The van der Waals surface area contributed by atoms with Crippen LogP contribution in [0.2, 0.25) is 0 Å². The summed E-state index contributed by atoms with van der Waals surface area (Å²) in [7, 11) is 0. The van der Waals surface area contributed by atoms with Crippen molar-refractivity contribution in [3.63, 3.8) is 0 Å². The Labute approximate surface area is 113 Å². The standard InChI is InChI=1S/C13H22N4O2/c1-9-14-11(19-16-9)8-17-6-5-10(7-17)12(18)15-13(2,3)4/h10H,5-8H2,1-4H3,(H,15,18). The molecule has 1 aromatic rings. The number of aromatic nitrogens is 2. The molecule has 1 amide bonds. The molecular formula is C13H22N4O2. The second-order valence-corrected chi connectivity index (χ2v) is 6.20. The monoisotopic (exact) mass is 266 g/mol. The summed E-state index contributed by atoms with van der Waals surface area (Å²) >= 11 is 0. The van der Waals surface area contributed by atoms with Crippen LogP contribution in [0.5, 0.6) is 0 Å². The summed E-state index contributed by atoms with van der Waals surface area (Å²) in [5.74, 6) is 1.46. The lowest BCUT2D eigenvalue weighted by Gasteiger charge is -2.23. The molecule has 0 aromatic carbocycles. The summed E-state index contributed by atoms with van der Waals surface area (Å²) < 4.78 is 5.10. The third kappa shape index (κ3) is 4.02. The van der Waals surface area contributed by atoms with Crippen LogP contribution in [0, 0.1) is 12.8 Å². The van der Waals surface area contributed by atoms with Crippen LogP contribution in [-0.2, 0) is 11.3 Å². The van der Waals surface area contributed by atoms with E-state index in [9.17, 15) is 4.79 Å². The van der Waals surface area contributed by atoms with Crippen LogP contribution in [0.1, 0.15) is 38.9 Å². The maximum Gasteiger partial charge on any atom is 0.240 e. The van der Waals surface area contributed by atoms with Crippen molar-refractivity contribution < 1.29 is 9.32 Å². The SMILES string of the molecule is Cc1noc(CN2CCC(C(=O)NC(C)(C)C)C2)n1. The van der Waals surface area contributed by atoms with E-state index in [0.29, 0.717) is 18.3 Å². The number of hydrogen-bond acceptors (Lipinski definition) is 5. The molecule has 1 unspecified atom stereocenters. The smallest absolute Gasteiger partial charge is 0.240 e. The van der Waals surface area contributed by atoms with Crippen LogP contribution < -0.4 is 5.32 Å². The second-order valence-electron chi connectivity index (χ2n) is 6.20. The Bertz CT molecular complexity index is 450. The van der Waals surface area contributed by atoms with E-state index < -0.39 is 0 Å². The van der Waals surface area contributed by atoms with E-state index >= 15 is 0 Å². The first-order chi connectivity index (χ1) is 8.83. The molecule has 1 saturated heterocycles. The van der Waals surface area contributed by atoms with Gasteiger partial charge in [-0.3, -0.25) is 9.69 Å². The van der Waals surface area contributed by atoms with E-state index in [4.69, 9.17) is 4.52 Å². The van der Waals surface area contributed by atoms with Gasteiger partial charge in [-0.15, -0.1) is 0 Å². The molecule has 6 heteroatoms. The Morgan fingerprint density at radius 2 is 2.26 bits per heavy atom. The van der Waals surface area contributed by atoms with E-state index in [-0.39, 0.29) is 17.4 Å². The summed E-state index contributed by atoms with van der Waals surface area (Å²) in [6.45, 7) is 10.1. The fourth-order valence-corrected chi connectivity index (χ4v) is 2.26. The van der Waals surface area contributed by atoms with E-state index in [1.165, 1.54) is 0 Å². The number of carbonyl (C=O) groups is 1. The number of carbonyl (C=O) groups excluding carboxylic acids is 1. The molecule has 1 aliphatic rings. The molecule has 106 valence electrons. The number of likely N-dealkylation sites (tertiary alicyclic amines) is 1. The van der Waals surface area contributed by atoms with Crippen LogP contribution in [0.25, 0.3) is 0 Å². The predicted molar refractivity (Wildman–Crippen MR) is 70.3 cm³/mol. The van der Waals surface area contributed by atoms with Gasteiger partial charge in [-0.05, 0) is 40.7 Å². The van der Waals surface area contributed by atoms with Crippen LogP contribution in [-0.4, -0.2) is 39.6 Å². The van der Waals surface area contributed by atoms with Crippen LogP contribution in [0.3, 0.4) is 0 Å². The van der Waals surface area contributed by atoms with Crippen molar-refractivity contribution in [2.45, 2.75) is 46.2 Å². The first-order valence-electron chi connectivity index (χ1n) is 6.67. The molecule has 0 saturated carbocycles. The molecule has 1 aromatic heterocycles. The molecule has 19 heavy (non-hydrogen) atoms. The first-order valence-corrected chi connectivity index (χ1v) is 6.67. The minimum Gasteiger partial charge on any atom is -0.351 e. The highest BCUT2D eigenvalue weighted by Gasteiger charge is 2.30. The Kier molecular flexibility index (Phi) is 3.89. The van der Waals surface area contributed by atoms with Crippen molar-refractivity contribution >= 4 is 5.91 Å². The Hall–Kier alpha value is -1.43. The predicted octanol–water partition coefficient (Wildman–Crippen LogP) is 1.11. The van der Waals surface area contributed by atoms with Crippen LogP contribution in [0.4, 0.5) is 0 Å². The normalized spacial score (nSPS) is 20.7. The van der Waals surface area contributed by atoms with Crippen LogP contribution >= 0.6 is 0 Å². The first kappa shape index (κ1) is 14.0. The average molecular weight is 266 g/mol. The molecule has 2 heterocycles. The number of nitrogens with one attached hydrogen (secondary N) is 1. The quantitative estimate of drug-likeness (QED) is 0.887. The van der Waals surface area contributed by atoms with Gasteiger partial charge in [0.1, 0.15) is 0 Å². The lowest BCUT2D eigenvalue weighted by molar-refractivity contribution is -0.126. The molecule has 0 bridgehead atoms. The summed E-state index contributed by atoms with van der Waals surface area (Å²) in [4.78, 5) is 18.4. The molecule has 2 rings (SSSR count). The lowest BCUT2D eigenvalue weighted by atomic mass is 10.0. The van der Waals surface area contributed by atoms with Gasteiger partial charge in [0.15, 0.2) is 5.82 Å². The van der Waals surface area contributed by atoms with Gasteiger partial charge in [0, 0.05) is 12.1 Å². The van der Waals surface area contributed by atoms with E-state index in [1.807, 2.05) is 20.8 Å². The van der Waals surface area contributed by atoms with Gasteiger partial charge < -0.3 is 9.84 Å². The minimum absolute atomic E-state index is 0.0586. The number of hydrogen-bond donors (Lipinski definition) is 1. The molecule has 6 nitrogen and oxygen atoms in total. The molecule has 0 radical (unpaired) electrons. The van der Waals surface area contributed by atoms with E-state index in [2.05, 4.69) is 20.4 Å². The summed E-state index contributed by atoms with van der Waals surface area (Å²) in [6.07, 6.45) is 0.884. The lowest BCUT2D eigenvalue weighted by Crippen LogP contribution is -2.44. The molecule has 0 spiro atoms. The summed E-state index contributed by atoms with van der Waals surface area (Å²) in [5.41, 5.74) is -0.173. The maximum atomic E-state index is 12.1. The van der Waals surface area contributed by atoms with Gasteiger partial charge in [0.2, 0.25) is 11.8 Å². The highest BCUT2D eigenvalue weighted by Crippen LogP contribution is 2.19. The Morgan fingerprint density at radius 1 is 1.53 bits per heavy atom. The zero-order valence-electron chi connectivity index (χ0n) is 12.1. The van der Waals surface area contributed by atoms with E-state index in [0.717, 1.165) is 19.5 Å². The number of amides is 1. The second kappa shape index (κ2) is 5.28. The molecule has 0 aliphatic carbocycles. The minimum atomic E-state index is -0.173. The molecule has 1 aliphatic heterocycles. The van der Waals surface area contributed by atoms with E-state index in [1.54, 1.807) is 6.92 Å². The highest BCUT2D eigenvalue weighted by molar-refractivity contribution is 5.79. The van der Waals surface area contributed by atoms with Crippen molar-refractivity contribution in [3.8, 4) is 0 Å². The zero-order valence-corrected chi connectivity index (χ0v) is 12.1. The van der Waals surface area contributed by atoms with Gasteiger partial charge in [-0.1, -0.05) is 5.16 Å².